The van der Waals surface area contributed by atoms with E-state index in [9.17, 15) is 14.7 Å². The molecule has 5 nitrogen and oxygen atoms in total. The van der Waals surface area contributed by atoms with Crippen LogP contribution in [-0.4, -0.2) is 25.9 Å². The van der Waals surface area contributed by atoms with E-state index in [0.29, 0.717) is 14.9 Å². The van der Waals surface area contributed by atoms with Crippen molar-refractivity contribution in [2.75, 3.05) is 4.90 Å². The summed E-state index contributed by atoms with van der Waals surface area (Å²) in [6, 6.07) is 19.6. The fraction of sp³-hybridized carbons (Fsp3) is 0. The molecule has 1 N–H and O–H groups in total. The maximum atomic E-state index is 12.9. The lowest BCUT2D eigenvalue weighted by Gasteiger charge is -2.13. The number of hydrogen-bond donors (Lipinski definition) is 1. The Morgan fingerprint density at radius 3 is 2.50 bits per heavy atom. The highest BCUT2D eigenvalue weighted by atomic mass is 32.2. The molecule has 0 saturated carbocycles. The van der Waals surface area contributed by atoms with Gasteiger partial charge in [0.2, 0.25) is 0 Å². The second-order valence-corrected chi connectivity index (χ2v) is 7.69. The molecule has 1 fully saturated rings. The predicted octanol–water partition coefficient (Wildman–Crippen LogP) is 4.58. The zero-order chi connectivity index (χ0) is 19.7. The molecule has 1 aromatic heterocycles. The Balaban J connectivity index is 1.69. The van der Waals surface area contributed by atoms with E-state index in [2.05, 4.69) is 0 Å². The van der Waals surface area contributed by atoms with Gasteiger partial charge in [-0.3, -0.25) is 9.69 Å². The number of aromatic nitrogens is 1. The van der Waals surface area contributed by atoms with E-state index in [-0.39, 0.29) is 11.5 Å². The molecule has 0 bridgehead atoms. The van der Waals surface area contributed by atoms with Crippen molar-refractivity contribution in [1.29, 1.82) is 0 Å². The second-order valence-electron chi connectivity index (χ2n) is 6.01. The van der Waals surface area contributed by atoms with Crippen LogP contribution in [-0.2, 0) is 4.79 Å². The molecule has 3 aromatic rings. The fourth-order valence-corrected chi connectivity index (χ4v) is 4.22. The first-order chi connectivity index (χ1) is 13.5. The van der Waals surface area contributed by atoms with Crippen molar-refractivity contribution < 1.29 is 14.7 Å². The summed E-state index contributed by atoms with van der Waals surface area (Å²) < 4.78 is 2.31. The summed E-state index contributed by atoms with van der Waals surface area (Å²) in [6.45, 7) is 0. The molecule has 7 heteroatoms. The first kappa shape index (κ1) is 18.2. The molecule has 0 aliphatic carbocycles. The molecule has 0 spiro atoms. The molecule has 1 aliphatic heterocycles. The van der Waals surface area contributed by atoms with Crippen molar-refractivity contribution in [3.05, 3.63) is 89.1 Å². The summed E-state index contributed by atoms with van der Waals surface area (Å²) in [5.74, 6) is -1.16. The van der Waals surface area contributed by atoms with E-state index in [1.807, 2.05) is 59.3 Å². The van der Waals surface area contributed by atoms with Crippen LogP contribution in [0.3, 0.4) is 0 Å². The Bertz CT molecular complexity index is 1120. The van der Waals surface area contributed by atoms with Crippen LogP contribution in [0, 0.1) is 0 Å². The van der Waals surface area contributed by atoms with Crippen LogP contribution in [0.15, 0.2) is 77.8 Å². The van der Waals surface area contributed by atoms with Crippen molar-refractivity contribution >= 4 is 51.9 Å². The molecule has 1 amide bonds. The van der Waals surface area contributed by atoms with Gasteiger partial charge >= 0.3 is 5.97 Å². The van der Waals surface area contributed by atoms with E-state index < -0.39 is 5.97 Å². The van der Waals surface area contributed by atoms with Crippen LogP contribution < -0.4 is 4.90 Å². The molecule has 0 atom stereocenters. The van der Waals surface area contributed by atoms with Crippen LogP contribution in [0.2, 0.25) is 0 Å². The second kappa shape index (κ2) is 7.46. The Hall–Kier alpha value is -3.16. The summed E-state index contributed by atoms with van der Waals surface area (Å²) >= 11 is 6.65. The molecule has 1 aliphatic rings. The predicted molar refractivity (Wildman–Crippen MR) is 115 cm³/mol. The van der Waals surface area contributed by atoms with Crippen LogP contribution in [0.5, 0.6) is 0 Å². The number of amides is 1. The van der Waals surface area contributed by atoms with Crippen molar-refractivity contribution in [2.45, 2.75) is 0 Å². The molecule has 0 unspecified atom stereocenters. The van der Waals surface area contributed by atoms with Crippen molar-refractivity contribution in [3.8, 4) is 5.69 Å². The minimum absolute atomic E-state index is 0.173. The smallest absolute Gasteiger partial charge is 0.335 e. The van der Waals surface area contributed by atoms with Gasteiger partial charge in [-0.05, 0) is 48.5 Å². The number of nitrogens with zero attached hydrogens (tertiary/aromatic N) is 2. The third-order valence-electron chi connectivity index (χ3n) is 4.24. The number of carbonyl (C=O) groups is 2. The zero-order valence-electron chi connectivity index (χ0n) is 14.5. The van der Waals surface area contributed by atoms with Crippen LogP contribution in [0.1, 0.15) is 16.1 Å². The number of para-hydroxylation sites is 1. The highest BCUT2D eigenvalue weighted by Crippen LogP contribution is 2.36. The minimum atomic E-state index is -0.987. The van der Waals surface area contributed by atoms with Crippen LogP contribution in [0.4, 0.5) is 5.69 Å². The molecular formula is C21H14N2O3S2. The fourth-order valence-electron chi connectivity index (χ4n) is 2.94. The SMILES string of the molecule is O=C(O)c1cccc(-n2cccc2/C=C2\SC(=S)N(c3ccccc3)C2=O)c1. The minimum Gasteiger partial charge on any atom is -0.478 e. The summed E-state index contributed by atoms with van der Waals surface area (Å²) in [6.07, 6.45) is 3.60. The van der Waals surface area contributed by atoms with Gasteiger partial charge in [-0.15, -0.1) is 0 Å². The van der Waals surface area contributed by atoms with Crippen molar-refractivity contribution in [1.82, 2.24) is 4.57 Å². The van der Waals surface area contributed by atoms with Gasteiger partial charge < -0.3 is 9.67 Å². The molecule has 1 saturated heterocycles. The number of aromatic carboxylic acids is 1. The maximum Gasteiger partial charge on any atom is 0.335 e. The molecule has 2 heterocycles. The average Bonchev–Trinajstić information content (AvgIpc) is 3.27. The molecular weight excluding hydrogens is 392 g/mol. The lowest BCUT2D eigenvalue weighted by molar-refractivity contribution is -0.113. The van der Waals surface area contributed by atoms with Gasteiger partial charge in [0.25, 0.3) is 5.91 Å². The molecule has 4 rings (SSSR count). The van der Waals surface area contributed by atoms with Crippen LogP contribution >= 0.6 is 24.0 Å². The topological polar surface area (TPSA) is 62.5 Å². The summed E-state index contributed by atoms with van der Waals surface area (Å²) in [4.78, 5) is 26.2. The van der Waals surface area contributed by atoms with Gasteiger partial charge in [0.05, 0.1) is 16.2 Å². The third kappa shape index (κ3) is 3.37. The maximum absolute atomic E-state index is 12.9. The zero-order valence-corrected chi connectivity index (χ0v) is 16.1. The monoisotopic (exact) mass is 406 g/mol. The number of benzene rings is 2. The number of carbonyl (C=O) groups excluding carboxylic acids is 1. The molecule has 2 aromatic carbocycles. The largest absolute Gasteiger partial charge is 0.478 e. The van der Waals surface area contributed by atoms with Gasteiger partial charge in [-0.25, -0.2) is 4.79 Å². The number of hydrogen-bond acceptors (Lipinski definition) is 4. The normalized spacial score (nSPS) is 15.4. The highest BCUT2D eigenvalue weighted by molar-refractivity contribution is 8.27. The molecule has 0 radical (unpaired) electrons. The third-order valence-corrected chi connectivity index (χ3v) is 5.54. The highest BCUT2D eigenvalue weighted by Gasteiger charge is 2.33. The summed E-state index contributed by atoms with van der Waals surface area (Å²) in [5, 5.41) is 9.22. The Morgan fingerprint density at radius 2 is 1.75 bits per heavy atom. The van der Waals surface area contributed by atoms with E-state index >= 15 is 0 Å². The average molecular weight is 406 g/mol. The Morgan fingerprint density at radius 1 is 1.00 bits per heavy atom. The van der Waals surface area contributed by atoms with Gasteiger partial charge in [0.15, 0.2) is 4.32 Å². The number of thioether (sulfide) groups is 1. The molecule has 28 heavy (non-hydrogen) atoms. The van der Waals surface area contributed by atoms with E-state index in [4.69, 9.17) is 12.2 Å². The van der Waals surface area contributed by atoms with Crippen molar-refractivity contribution in [2.24, 2.45) is 0 Å². The number of anilines is 1. The van der Waals surface area contributed by atoms with E-state index in [0.717, 1.165) is 11.4 Å². The number of carboxylic acids is 1. The van der Waals surface area contributed by atoms with Gasteiger partial charge in [-0.1, -0.05) is 48.2 Å². The first-order valence-electron chi connectivity index (χ1n) is 8.39. The number of carboxylic acid groups (broad SMARTS) is 1. The first-order valence-corrected chi connectivity index (χ1v) is 9.61. The van der Waals surface area contributed by atoms with Crippen molar-refractivity contribution in [3.63, 3.8) is 0 Å². The Labute approximate surface area is 170 Å². The van der Waals surface area contributed by atoms with E-state index in [1.165, 1.54) is 16.7 Å². The quantitative estimate of drug-likeness (QED) is 0.508. The van der Waals surface area contributed by atoms with Gasteiger partial charge in [0.1, 0.15) is 0 Å². The number of rotatable bonds is 4. The lowest BCUT2D eigenvalue weighted by Crippen LogP contribution is -2.27. The summed E-state index contributed by atoms with van der Waals surface area (Å²) in [7, 11) is 0. The van der Waals surface area contributed by atoms with E-state index in [1.54, 1.807) is 24.3 Å². The van der Waals surface area contributed by atoms with Gasteiger partial charge in [0, 0.05) is 17.6 Å². The molecule has 138 valence electrons. The van der Waals surface area contributed by atoms with Gasteiger partial charge in [-0.2, -0.15) is 0 Å². The van der Waals surface area contributed by atoms with Crippen LogP contribution in [0.25, 0.3) is 11.8 Å². The summed E-state index contributed by atoms with van der Waals surface area (Å²) in [5.41, 5.74) is 2.40. The standard InChI is InChI=1S/C21H14N2O3S2/c24-19-18(28-21(27)23(19)15-7-2-1-3-8-15)13-17-10-5-11-22(17)16-9-4-6-14(12-16)20(25)26/h1-13H,(H,25,26)/b18-13-. The number of thiocarbonyl (C=S) groups is 1. The lowest BCUT2D eigenvalue weighted by atomic mass is 10.2. The Kier molecular flexibility index (Phi) is 4.85.